The van der Waals surface area contributed by atoms with Gasteiger partial charge in [-0.1, -0.05) is 19.9 Å². The number of aromatic nitrogens is 1. The molecule has 2 aromatic rings. The van der Waals surface area contributed by atoms with Crippen LogP contribution in [0.2, 0.25) is 0 Å². The van der Waals surface area contributed by atoms with E-state index in [4.69, 9.17) is 9.47 Å². The lowest BCUT2D eigenvalue weighted by atomic mass is 10.00. The van der Waals surface area contributed by atoms with Crippen LogP contribution in [0.25, 0.3) is 0 Å². The van der Waals surface area contributed by atoms with Crippen LogP contribution in [-0.2, 0) is 6.42 Å². The largest absolute Gasteiger partial charge is 0.507 e. The molecule has 0 bridgehead atoms. The molecule has 0 radical (unpaired) electrons. The topological polar surface area (TPSA) is 51.6 Å². The highest BCUT2D eigenvalue weighted by molar-refractivity contribution is 5.48. The van der Waals surface area contributed by atoms with Gasteiger partial charge in [-0.3, -0.25) is 4.98 Å². The molecule has 26 heavy (non-hydrogen) atoms. The number of aromatic hydroxyl groups is 1. The molecule has 0 aliphatic rings. The first-order chi connectivity index (χ1) is 12.5. The van der Waals surface area contributed by atoms with Gasteiger partial charge in [0.15, 0.2) is 0 Å². The Hall–Kier alpha value is -2.23. The van der Waals surface area contributed by atoms with E-state index in [0.717, 1.165) is 53.9 Å². The van der Waals surface area contributed by atoms with E-state index < -0.39 is 0 Å². The van der Waals surface area contributed by atoms with Crippen LogP contribution in [0.4, 0.5) is 0 Å². The summed E-state index contributed by atoms with van der Waals surface area (Å²) < 4.78 is 11.5. The summed E-state index contributed by atoms with van der Waals surface area (Å²) in [7, 11) is 0. The molecule has 1 aromatic heterocycles. The van der Waals surface area contributed by atoms with Crippen LogP contribution in [0, 0.1) is 19.8 Å². The number of aryl methyl sites for hydroxylation is 2. The van der Waals surface area contributed by atoms with Crippen molar-refractivity contribution >= 4 is 0 Å². The number of unbranched alkanes of at least 4 members (excludes halogenated alkanes) is 1. The van der Waals surface area contributed by atoms with Crippen LogP contribution in [0.15, 0.2) is 30.6 Å². The number of hydrogen-bond donors (Lipinski definition) is 1. The second-order valence-corrected chi connectivity index (χ2v) is 7.23. The number of hydrogen-bond acceptors (Lipinski definition) is 4. The minimum atomic E-state index is 0.374. The van der Waals surface area contributed by atoms with E-state index in [9.17, 15) is 5.11 Å². The zero-order chi connectivity index (χ0) is 18.9. The Labute approximate surface area is 157 Å². The summed E-state index contributed by atoms with van der Waals surface area (Å²) in [6, 6.07) is 5.93. The van der Waals surface area contributed by atoms with Crippen molar-refractivity contribution in [3.05, 3.63) is 47.3 Å². The molecule has 0 atom stereocenters. The third-order valence-electron chi connectivity index (χ3n) is 4.37. The van der Waals surface area contributed by atoms with E-state index in [1.54, 1.807) is 6.20 Å². The molecular weight excluding hydrogens is 326 g/mol. The van der Waals surface area contributed by atoms with E-state index in [0.29, 0.717) is 24.9 Å². The highest BCUT2D eigenvalue weighted by Crippen LogP contribution is 2.31. The monoisotopic (exact) mass is 357 g/mol. The lowest BCUT2D eigenvalue weighted by Crippen LogP contribution is -2.04. The van der Waals surface area contributed by atoms with Crippen LogP contribution >= 0.6 is 0 Å². The zero-order valence-electron chi connectivity index (χ0n) is 16.4. The highest BCUT2D eigenvalue weighted by atomic mass is 16.5. The number of ether oxygens (including phenoxy) is 2. The maximum absolute atomic E-state index is 10.4. The summed E-state index contributed by atoms with van der Waals surface area (Å²) in [4.78, 5) is 4.11. The fourth-order valence-electron chi connectivity index (χ4n) is 2.72. The number of rotatable bonds is 10. The molecule has 0 amide bonds. The Kier molecular flexibility index (Phi) is 7.76. The molecule has 1 aromatic carbocycles. The normalized spacial score (nSPS) is 11.0. The molecule has 4 nitrogen and oxygen atoms in total. The Morgan fingerprint density at radius 2 is 1.77 bits per heavy atom. The first-order valence-corrected chi connectivity index (χ1v) is 9.46. The minimum Gasteiger partial charge on any atom is -0.507 e. The zero-order valence-corrected chi connectivity index (χ0v) is 16.4. The van der Waals surface area contributed by atoms with Gasteiger partial charge in [-0.15, -0.1) is 0 Å². The Bertz CT molecular complexity index is 698. The van der Waals surface area contributed by atoms with Crippen molar-refractivity contribution in [3.63, 3.8) is 0 Å². The second kappa shape index (κ2) is 10.0. The smallest absolute Gasteiger partial charge is 0.137 e. The molecular formula is C22H31NO3. The molecule has 0 fully saturated rings. The standard InChI is InChI=1S/C22H31NO3/c1-16(2)7-8-19-9-10-21(18(4)22(19)24)26-12-6-5-11-25-20-13-17(3)14-23-15-20/h9-10,13-16,24H,5-8,11-12H2,1-4H3. The van der Waals surface area contributed by atoms with E-state index >= 15 is 0 Å². The predicted molar refractivity (Wildman–Crippen MR) is 105 cm³/mol. The highest BCUT2D eigenvalue weighted by Gasteiger charge is 2.10. The van der Waals surface area contributed by atoms with Crippen LogP contribution in [-0.4, -0.2) is 23.3 Å². The Balaban J connectivity index is 1.73. The third-order valence-corrected chi connectivity index (χ3v) is 4.37. The maximum Gasteiger partial charge on any atom is 0.137 e. The minimum absolute atomic E-state index is 0.374. The van der Waals surface area contributed by atoms with Crippen molar-refractivity contribution in [2.24, 2.45) is 5.92 Å². The number of pyridine rings is 1. The maximum atomic E-state index is 10.4. The summed E-state index contributed by atoms with van der Waals surface area (Å²) in [5.74, 6) is 2.57. The van der Waals surface area contributed by atoms with E-state index in [-0.39, 0.29) is 0 Å². The molecule has 2 rings (SSSR count). The fraction of sp³-hybridized carbons (Fsp3) is 0.500. The van der Waals surface area contributed by atoms with Crippen LogP contribution < -0.4 is 9.47 Å². The quantitative estimate of drug-likeness (QED) is 0.592. The Morgan fingerprint density at radius 1 is 1.04 bits per heavy atom. The van der Waals surface area contributed by atoms with Gasteiger partial charge in [-0.2, -0.15) is 0 Å². The van der Waals surface area contributed by atoms with Gasteiger partial charge < -0.3 is 14.6 Å². The van der Waals surface area contributed by atoms with Gasteiger partial charge in [0.25, 0.3) is 0 Å². The van der Waals surface area contributed by atoms with Crippen molar-refractivity contribution in [1.29, 1.82) is 0 Å². The number of benzene rings is 1. The van der Waals surface area contributed by atoms with Gasteiger partial charge in [0, 0.05) is 11.8 Å². The van der Waals surface area contributed by atoms with Gasteiger partial charge in [0.2, 0.25) is 0 Å². The van der Waals surface area contributed by atoms with Crippen molar-refractivity contribution in [3.8, 4) is 17.2 Å². The summed E-state index contributed by atoms with van der Waals surface area (Å²) >= 11 is 0. The van der Waals surface area contributed by atoms with Crippen LogP contribution in [0.5, 0.6) is 17.2 Å². The SMILES string of the molecule is Cc1cncc(OCCCCOc2ccc(CCC(C)C)c(O)c2C)c1. The average molecular weight is 357 g/mol. The predicted octanol–water partition coefficient (Wildman–Crippen LogP) is 5.23. The van der Waals surface area contributed by atoms with Crippen molar-refractivity contribution in [1.82, 2.24) is 4.98 Å². The molecule has 0 saturated carbocycles. The van der Waals surface area contributed by atoms with E-state index in [2.05, 4.69) is 18.8 Å². The first kappa shape index (κ1) is 20.1. The fourth-order valence-corrected chi connectivity index (χ4v) is 2.72. The molecule has 0 aliphatic carbocycles. The lowest BCUT2D eigenvalue weighted by molar-refractivity contribution is 0.264. The van der Waals surface area contributed by atoms with Gasteiger partial charge in [0.1, 0.15) is 17.2 Å². The summed E-state index contributed by atoms with van der Waals surface area (Å²) in [5, 5.41) is 10.4. The van der Waals surface area contributed by atoms with Crippen molar-refractivity contribution < 1.29 is 14.6 Å². The molecule has 0 spiro atoms. The lowest BCUT2D eigenvalue weighted by Gasteiger charge is -2.14. The van der Waals surface area contributed by atoms with E-state index in [1.165, 1.54) is 0 Å². The van der Waals surface area contributed by atoms with Crippen molar-refractivity contribution in [2.45, 2.75) is 53.4 Å². The van der Waals surface area contributed by atoms with Crippen molar-refractivity contribution in [2.75, 3.05) is 13.2 Å². The van der Waals surface area contributed by atoms with Crippen LogP contribution in [0.3, 0.4) is 0 Å². The van der Waals surface area contributed by atoms with E-state index in [1.807, 2.05) is 38.2 Å². The van der Waals surface area contributed by atoms with Gasteiger partial charge >= 0.3 is 0 Å². The second-order valence-electron chi connectivity index (χ2n) is 7.23. The average Bonchev–Trinajstić information content (AvgIpc) is 2.60. The van der Waals surface area contributed by atoms with Crippen LogP contribution in [0.1, 0.15) is 49.8 Å². The van der Waals surface area contributed by atoms with Gasteiger partial charge in [0.05, 0.1) is 19.4 Å². The number of phenols is 1. The molecule has 142 valence electrons. The number of nitrogens with zero attached hydrogens (tertiary/aromatic N) is 1. The number of phenolic OH excluding ortho intramolecular Hbond substituents is 1. The molecule has 1 heterocycles. The summed E-state index contributed by atoms with van der Waals surface area (Å²) in [5.41, 5.74) is 2.93. The summed E-state index contributed by atoms with van der Waals surface area (Å²) in [6.45, 7) is 9.56. The van der Waals surface area contributed by atoms with Gasteiger partial charge in [-0.05, 0) is 68.7 Å². The molecule has 0 unspecified atom stereocenters. The van der Waals surface area contributed by atoms with Gasteiger partial charge in [-0.25, -0.2) is 0 Å². The molecule has 0 saturated heterocycles. The molecule has 4 heteroatoms. The molecule has 1 N–H and O–H groups in total. The first-order valence-electron chi connectivity index (χ1n) is 9.46. The third kappa shape index (κ3) is 6.25. The summed E-state index contributed by atoms with van der Waals surface area (Å²) in [6.07, 6.45) is 7.32. The Morgan fingerprint density at radius 3 is 2.46 bits per heavy atom. The molecule has 0 aliphatic heterocycles.